The average Bonchev–Trinajstić information content (AvgIpc) is 2.69. The van der Waals surface area contributed by atoms with Crippen molar-refractivity contribution in [3.63, 3.8) is 0 Å². The molecule has 154 valence electrons. The van der Waals surface area contributed by atoms with Crippen LogP contribution < -0.4 is 15.4 Å². The van der Waals surface area contributed by atoms with E-state index in [2.05, 4.69) is 15.4 Å². The van der Waals surface area contributed by atoms with Crippen LogP contribution in [0.4, 0.5) is 27.5 Å². The van der Waals surface area contributed by atoms with Crippen molar-refractivity contribution in [3.05, 3.63) is 87.9 Å². The Labute approximate surface area is 176 Å². The maximum Gasteiger partial charge on any atom is 0.323 e. The number of hydrogen-bond donors (Lipinski definition) is 3. The number of amides is 2. The number of carbonyl (C=O) groups is 1. The molecule has 3 N–H and O–H groups in total. The first-order valence-corrected chi connectivity index (χ1v) is 10.3. The Kier molecular flexibility index (Phi) is 6.19. The summed E-state index contributed by atoms with van der Waals surface area (Å²) in [7, 11) is -3.87. The van der Waals surface area contributed by atoms with Crippen LogP contribution in [0.15, 0.2) is 77.7 Å². The smallest absolute Gasteiger partial charge is 0.308 e. The first kappa shape index (κ1) is 21.1. The number of anilines is 3. The van der Waals surface area contributed by atoms with Gasteiger partial charge in [-0.2, -0.15) is 0 Å². The Morgan fingerprint density at radius 3 is 2.17 bits per heavy atom. The minimum Gasteiger partial charge on any atom is -0.308 e. The molecule has 0 atom stereocenters. The standard InChI is InChI=1S/C19H15ClN4O5S/c20-17-6-1-2-7-18(17)30(28,29)23-14-10-8-13(9-11-14)21-19(25)22-15-4-3-5-16(12-15)24(26)27/h1-12,23H,(H2,21,22,25). The topological polar surface area (TPSA) is 130 Å². The predicted octanol–water partition coefficient (Wildman–Crippen LogP) is 4.69. The summed E-state index contributed by atoms with van der Waals surface area (Å²) in [5.41, 5.74) is 0.770. The third kappa shape index (κ3) is 5.25. The molecule has 0 saturated heterocycles. The zero-order valence-electron chi connectivity index (χ0n) is 15.2. The summed E-state index contributed by atoms with van der Waals surface area (Å²) in [6, 6.07) is 16.9. The van der Waals surface area contributed by atoms with E-state index in [0.29, 0.717) is 5.69 Å². The molecule has 0 radical (unpaired) electrons. The van der Waals surface area contributed by atoms with Crippen molar-refractivity contribution in [2.45, 2.75) is 4.90 Å². The molecule has 11 heteroatoms. The lowest BCUT2D eigenvalue weighted by atomic mass is 10.3. The number of urea groups is 1. The Morgan fingerprint density at radius 2 is 1.50 bits per heavy atom. The number of nitro benzene ring substituents is 1. The molecule has 0 aliphatic carbocycles. The van der Waals surface area contributed by atoms with Crippen LogP contribution in [-0.4, -0.2) is 19.4 Å². The van der Waals surface area contributed by atoms with E-state index >= 15 is 0 Å². The lowest BCUT2D eigenvalue weighted by Gasteiger charge is -2.11. The number of halogens is 1. The van der Waals surface area contributed by atoms with Crippen LogP contribution >= 0.6 is 11.6 Å². The van der Waals surface area contributed by atoms with E-state index in [1.807, 2.05) is 0 Å². The van der Waals surface area contributed by atoms with Gasteiger partial charge in [-0.15, -0.1) is 0 Å². The Balaban J connectivity index is 1.64. The highest BCUT2D eigenvalue weighted by atomic mass is 35.5. The Hall–Kier alpha value is -3.63. The normalized spacial score (nSPS) is 10.8. The van der Waals surface area contributed by atoms with Crippen molar-refractivity contribution in [2.24, 2.45) is 0 Å². The third-order valence-electron chi connectivity index (χ3n) is 3.84. The number of carbonyl (C=O) groups excluding carboxylic acids is 1. The largest absolute Gasteiger partial charge is 0.323 e. The number of nitrogens with one attached hydrogen (secondary N) is 3. The van der Waals surface area contributed by atoms with Gasteiger partial charge in [0.25, 0.3) is 15.7 Å². The number of nitro groups is 1. The molecule has 3 aromatic carbocycles. The molecule has 3 aromatic rings. The average molecular weight is 447 g/mol. The van der Waals surface area contributed by atoms with Crippen LogP contribution in [0.5, 0.6) is 0 Å². The van der Waals surface area contributed by atoms with Gasteiger partial charge in [-0.1, -0.05) is 29.8 Å². The summed E-state index contributed by atoms with van der Waals surface area (Å²) in [6.45, 7) is 0. The lowest BCUT2D eigenvalue weighted by Crippen LogP contribution is -2.19. The molecule has 0 aliphatic rings. The second kappa shape index (κ2) is 8.80. The lowest BCUT2D eigenvalue weighted by molar-refractivity contribution is -0.384. The van der Waals surface area contributed by atoms with Crippen molar-refractivity contribution in [3.8, 4) is 0 Å². The highest BCUT2D eigenvalue weighted by molar-refractivity contribution is 7.92. The molecule has 0 heterocycles. The number of non-ortho nitro benzene ring substituents is 1. The molecule has 3 rings (SSSR count). The fourth-order valence-corrected chi connectivity index (χ4v) is 4.06. The third-order valence-corrected chi connectivity index (χ3v) is 5.72. The van der Waals surface area contributed by atoms with Crippen molar-refractivity contribution in [1.82, 2.24) is 0 Å². The maximum atomic E-state index is 12.4. The van der Waals surface area contributed by atoms with E-state index in [9.17, 15) is 23.3 Å². The molecular weight excluding hydrogens is 432 g/mol. The Morgan fingerprint density at radius 1 is 0.867 bits per heavy atom. The van der Waals surface area contributed by atoms with E-state index in [0.717, 1.165) is 0 Å². The summed E-state index contributed by atoms with van der Waals surface area (Å²) < 4.78 is 27.3. The SMILES string of the molecule is O=C(Nc1ccc(NS(=O)(=O)c2ccccc2Cl)cc1)Nc1cccc([N+](=O)[O-])c1. The minimum absolute atomic E-state index is 0.0507. The van der Waals surface area contributed by atoms with Gasteiger partial charge >= 0.3 is 6.03 Å². The van der Waals surface area contributed by atoms with Crippen LogP contribution in [-0.2, 0) is 10.0 Å². The van der Waals surface area contributed by atoms with E-state index in [-0.39, 0.29) is 27.0 Å². The van der Waals surface area contributed by atoms with Gasteiger partial charge in [0.1, 0.15) is 4.90 Å². The van der Waals surface area contributed by atoms with Gasteiger partial charge in [-0.3, -0.25) is 14.8 Å². The Bertz CT molecular complexity index is 1200. The zero-order chi connectivity index (χ0) is 21.7. The van der Waals surface area contributed by atoms with Crippen LogP contribution in [0.2, 0.25) is 5.02 Å². The van der Waals surface area contributed by atoms with Gasteiger partial charge in [0, 0.05) is 29.2 Å². The second-order valence-electron chi connectivity index (χ2n) is 6.00. The second-order valence-corrected chi connectivity index (χ2v) is 8.06. The van der Waals surface area contributed by atoms with Crippen LogP contribution in [0, 0.1) is 10.1 Å². The molecule has 0 aromatic heterocycles. The quantitative estimate of drug-likeness (QED) is 0.373. The summed E-state index contributed by atoms with van der Waals surface area (Å²) in [4.78, 5) is 22.3. The van der Waals surface area contributed by atoms with Gasteiger partial charge in [0.05, 0.1) is 9.95 Å². The van der Waals surface area contributed by atoms with Crippen molar-refractivity contribution < 1.29 is 18.1 Å². The van der Waals surface area contributed by atoms with Crippen LogP contribution in [0.25, 0.3) is 0 Å². The predicted molar refractivity (Wildman–Crippen MR) is 114 cm³/mol. The maximum absolute atomic E-state index is 12.4. The monoisotopic (exact) mass is 446 g/mol. The van der Waals surface area contributed by atoms with E-state index < -0.39 is 21.0 Å². The number of rotatable bonds is 6. The first-order chi connectivity index (χ1) is 14.2. The summed E-state index contributed by atoms with van der Waals surface area (Å²) >= 11 is 5.94. The minimum atomic E-state index is -3.87. The molecule has 0 bridgehead atoms. The van der Waals surface area contributed by atoms with Gasteiger partial charge in [0.15, 0.2) is 0 Å². The zero-order valence-corrected chi connectivity index (χ0v) is 16.8. The van der Waals surface area contributed by atoms with E-state index in [1.165, 1.54) is 60.7 Å². The highest BCUT2D eigenvalue weighted by Gasteiger charge is 2.17. The van der Waals surface area contributed by atoms with Gasteiger partial charge in [-0.25, -0.2) is 13.2 Å². The van der Waals surface area contributed by atoms with Gasteiger partial charge in [0.2, 0.25) is 0 Å². The van der Waals surface area contributed by atoms with Crippen LogP contribution in [0.1, 0.15) is 0 Å². The van der Waals surface area contributed by atoms with E-state index in [4.69, 9.17) is 11.6 Å². The first-order valence-electron chi connectivity index (χ1n) is 8.44. The molecular formula is C19H15ClN4O5S. The molecule has 0 spiro atoms. The molecule has 0 unspecified atom stereocenters. The molecule has 9 nitrogen and oxygen atoms in total. The molecule has 0 fully saturated rings. The summed E-state index contributed by atoms with van der Waals surface area (Å²) in [5.74, 6) is 0. The number of benzene rings is 3. The number of nitrogens with zero attached hydrogens (tertiary/aromatic N) is 1. The molecule has 0 aliphatic heterocycles. The molecule has 2 amide bonds. The molecule has 0 saturated carbocycles. The summed E-state index contributed by atoms with van der Waals surface area (Å²) in [5, 5.41) is 15.9. The fraction of sp³-hybridized carbons (Fsp3) is 0. The molecule has 30 heavy (non-hydrogen) atoms. The summed E-state index contributed by atoms with van der Waals surface area (Å²) in [6.07, 6.45) is 0. The van der Waals surface area contributed by atoms with Gasteiger partial charge < -0.3 is 10.6 Å². The number of hydrogen-bond acceptors (Lipinski definition) is 5. The highest BCUT2D eigenvalue weighted by Crippen LogP contribution is 2.24. The van der Waals surface area contributed by atoms with Crippen molar-refractivity contribution in [1.29, 1.82) is 0 Å². The van der Waals surface area contributed by atoms with Crippen molar-refractivity contribution in [2.75, 3.05) is 15.4 Å². The van der Waals surface area contributed by atoms with E-state index in [1.54, 1.807) is 12.1 Å². The van der Waals surface area contributed by atoms with Crippen LogP contribution in [0.3, 0.4) is 0 Å². The van der Waals surface area contributed by atoms with Crippen molar-refractivity contribution >= 4 is 50.4 Å². The van der Waals surface area contributed by atoms with Gasteiger partial charge in [-0.05, 0) is 42.5 Å². The number of sulfonamides is 1. The fourth-order valence-electron chi connectivity index (χ4n) is 2.49.